The van der Waals surface area contributed by atoms with E-state index in [2.05, 4.69) is 16.7 Å². The normalized spacial score (nSPS) is 19.9. The predicted octanol–water partition coefficient (Wildman–Crippen LogP) is 2.16. The fourth-order valence-electron chi connectivity index (χ4n) is 4.66. The van der Waals surface area contributed by atoms with Crippen molar-refractivity contribution < 1.29 is 9.59 Å². The summed E-state index contributed by atoms with van der Waals surface area (Å²) in [6, 6.07) is 15.8. The number of hydrogen-bond acceptors (Lipinski definition) is 4. The van der Waals surface area contributed by atoms with Crippen molar-refractivity contribution in [2.24, 2.45) is 0 Å². The number of carbonyl (C=O) groups excluding carboxylic acids is 2. The Bertz CT molecular complexity index is 936. The number of nitrogens with one attached hydrogen (secondary N) is 2. The Morgan fingerprint density at radius 1 is 1.00 bits per heavy atom. The van der Waals surface area contributed by atoms with Crippen LogP contribution in [0.15, 0.2) is 48.5 Å². The van der Waals surface area contributed by atoms with Crippen LogP contribution in [0.2, 0.25) is 0 Å². The number of piperidine rings is 1. The third-order valence-corrected chi connectivity index (χ3v) is 6.16. The lowest BCUT2D eigenvalue weighted by Gasteiger charge is -2.45. The molecule has 0 unspecified atom stereocenters. The summed E-state index contributed by atoms with van der Waals surface area (Å²) in [4.78, 5) is 30.2. The Hall–Kier alpha value is -2.86. The molecule has 0 saturated carbocycles. The Balaban J connectivity index is 1.46. The first-order chi connectivity index (χ1) is 13.7. The second-order valence-corrected chi connectivity index (χ2v) is 7.79. The minimum Gasteiger partial charge on any atom is -0.369 e. The van der Waals surface area contributed by atoms with Crippen LogP contribution >= 0.6 is 0 Å². The molecule has 144 valence electrons. The average Bonchev–Trinajstić information content (AvgIpc) is 3.16. The minimum atomic E-state index is -0.622. The summed E-state index contributed by atoms with van der Waals surface area (Å²) in [6.45, 7) is 2.33. The highest BCUT2D eigenvalue weighted by Gasteiger charge is 2.47. The monoisotopic (exact) mass is 376 g/mol. The van der Waals surface area contributed by atoms with Crippen molar-refractivity contribution >= 4 is 28.9 Å². The number of rotatable bonds is 2. The third kappa shape index (κ3) is 2.67. The molecule has 3 aliphatic heterocycles. The van der Waals surface area contributed by atoms with Gasteiger partial charge in [-0.05, 0) is 56.1 Å². The van der Waals surface area contributed by atoms with Gasteiger partial charge in [0.05, 0.1) is 11.4 Å². The van der Waals surface area contributed by atoms with Gasteiger partial charge < -0.3 is 15.5 Å². The van der Waals surface area contributed by atoms with E-state index in [1.165, 1.54) is 5.56 Å². The van der Waals surface area contributed by atoms with Gasteiger partial charge in [-0.25, -0.2) is 0 Å². The summed E-state index contributed by atoms with van der Waals surface area (Å²) in [7, 11) is 0. The second-order valence-electron chi connectivity index (χ2n) is 7.79. The van der Waals surface area contributed by atoms with Crippen LogP contribution in [0.5, 0.6) is 0 Å². The highest BCUT2D eigenvalue weighted by Crippen LogP contribution is 2.39. The molecule has 5 rings (SSSR count). The Kier molecular flexibility index (Phi) is 4.09. The molecule has 1 saturated heterocycles. The first-order valence-corrected chi connectivity index (χ1v) is 9.96. The van der Waals surface area contributed by atoms with Gasteiger partial charge in [0.2, 0.25) is 5.91 Å². The van der Waals surface area contributed by atoms with E-state index in [0.717, 1.165) is 49.4 Å². The quantitative estimate of drug-likeness (QED) is 0.843. The van der Waals surface area contributed by atoms with E-state index in [-0.39, 0.29) is 18.4 Å². The van der Waals surface area contributed by atoms with Gasteiger partial charge in [-0.15, -0.1) is 0 Å². The molecule has 2 aromatic rings. The maximum Gasteiger partial charge on any atom is 0.253 e. The molecule has 3 heterocycles. The molecule has 0 radical (unpaired) electrons. The molecule has 6 heteroatoms. The second kappa shape index (κ2) is 6.63. The Morgan fingerprint density at radius 2 is 1.71 bits per heavy atom. The van der Waals surface area contributed by atoms with E-state index in [0.29, 0.717) is 6.54 Å². The maximum atomic E-state index is 13.5. The predicted molar refractivity (Wildman–Crippen MR) is 110 cm³/mol. The zero-order chi connectivity index (χ0) is 19.1. The van der Waals surface area contributed by atoms with Gasteiger partial charge in [-0.2, -0.15) is 0 Å². The lowest BCUT2D eigenvalue weighted by atomic mass is 9.84. The summed E-state index contributed by atoms with van der Waals surface area (Å²) >= 11 is 0. The number of carbonyl (C=O) groups is 2. The van der Waals surface area contributed by atoms with Crippen LogP contribution in [0, 0.1) is 0 Å². The van der Waals surface area contributed by atoms with E-state index in [1.54, 1.807) is 4.90 Å². The molecule has 0 aliphatic carbocycles. The lowest BCUT2D eigenvalue weighted by Crippen LogP contribution is -2.62. The molecule has 6 nitrogen and oxygen atoms in total. The number of para-hydroxylation sites is 3. The van der Waals surface area contributed by atoms with Gasteiger partial charge >= 0.3 is 0 Å². The van der Waals surface area contributed by atoms with E-state index < -0.39 is 5.54 Å². The van der Waals surface area contributed by atoms with Crippen molar-refractivity contribution in [1.82, 2.24) is 5.32 Å². The number of hydrogen-bond donors (Lipinski definition) is 2. The zero-order valence-electron chi connectivity index (χ0n) is 15.8. The van der Waals surface area contributed by atoms with Crippen molar-refractivity contribution in [2.45, 2.75) is 24.8 Å². The van der Waals surface area contributed by atoms with Crippen LogP contribution in [-0.4, -0.2) is 43.5 Å². The van der Waals surface area contributed by atoms with Gasteiger partial charge in [-0.3, -0.25) is 14.5 Å². The van der Waals surface area contributed by atoms with Crippen LogP contribution in [0.4, 0.5) is 17.1 Å². The van der Waals surface area contributed by atoms with Crippen molar-refractivity contribution in [1.29, 1.82) is 0 Å². The number of nitrogens with zero attached hydrogens (tertiary/aromatic N) is 2. The summed E-state index contributed by atoms with van der Waals surface area (Å²) in [5.41, 5.74) is 3.26. The lowest BCUT2D eigenvalue weighted by molar-refractivity contribution is -0.126. The SMILES string of the molecule is O=C(CN1C(=O)C2(CCNCC2)Nc2ccccc21)N1CCc2ccccc21. The third-order valence-electron chi connectivity index (χ3n) is 6.16. The molecule has 0 atom stereocenters. The molecule has 3 aliphatic rings. The molecule has 2 N–H and O–H groups in total. The van der Waals surface area contributed by atoms with Crippen molar-refractivity contribution in [3.8, 4) is 0 Å². The fraction of sp³-hybridized carbons (Fsp3) is 0.364. The molecular weight excluding hydrogens is 352 g/mol. The Morgan fingerprint density at radius 3 is 2.54 bits per heavy atom. The summed E-state index contributed by atoms with van der Waals surface area (Å²) in [5.74, 6) is -0.0207. The number of amides is 2. The first-order valence-electron chi connectivity index (χ1n) is 9.96. The highest BCUT2D eigenvalue weighted by molar-refractivity contribution is 6.12. The van der Waals surface area contributed by atoms with Crippen molar-refractivity contribution in [3.63, 3.8) is 0 Å². The first kappa shape index (κ1) is 17.3. The van der Waals surface area contributed by atoms with Gasteiger partial charge in [0.1, 0.15) is 12.1 Å². The summed E-state index contributed by atoms with van der Waals surface area (Å²) in [6.07, 6.45) is 2.30. The van der Waals surface area contributed by atoms with Crippen LogP contribution in [-0.2, 0) is 16.0 Å². The summed E-state index contributed by atoms with van der Waals surface area (Å²) < 4.78 is 0. The molecule has 2 amide bonds. The van der Waals surface area contributed by atoms with Gasteiger partial charge in [0.15, 0.2) is 0 Å². The maximum absolute atomic E-state index is 13.5. The van der Waals surface area contributed by atoms with E-state index in [1.807, 2.05) is 47.4 Å². The highest BCUT2D eigenvalue weighted by atomic mass is 16.2. The standard InChI is InChI=1S/C22H24N4O2/c27-20(25-14-9-16-5-1-3-7-18(16)25)15-26-19-8-4-2-6-17(19)24-22(21(26)28)10-12-23-13-11-22/h1-8,23-24H,9-15H2. The van der Waals surface area contributed by atoms with Crippen LogP contribution < -0.4 is 20.4 Å². The van der Waals surface area contributed by atoms with Crippen LogP contribution in [0.1, 0.15) is 18.4 Å². The van der Waals surface area contributed by atoms with E-state index >= 15 is 0 Å². The summed E-state index contributed by atoms with van der Waals surface area (Å²) in [5, 5.41) is 6.82. The topological polar surface area (TPSA) is 64.7 Å². The zero-order valence-corrected chi connectivity index (χ0v) is 15.8. The fourth-order valence-corrected chi connectivity index (χ4v) is 4.66. The minimum absolute atomic E-state index is 0.00790. The van der Waals surface area contributed by atoms with Crippen molar-refractivity contribution in [2.75, 3.05) is 41.3 Å². The smallest absolute Gasteiger partial charge is 0.253 e. The van der Waals surface area contributed by atoms with Gasteiger partial charge in [-0.1, -0.05) is 30.3 Å². The Labute approximate surface area is 164 Å². The van der Waals surface area contributed by atoms with Crippen LogP contribution in [0.3, 0.4) is 0 Å². The van der Waals surface area contributed by atoms with Crippen LogP contribution in [0.25, 0.3) is 0 Å². The molecule has 2 aromatic carbocycles. The largest absolute Gasteiger partial charge is 0.369 e. The van der Waals surface area contributed by atoms with Crippen molar-refractivity contribution in [3.05, 3.63) is 54.1 Å². The molecule has 1 spiro atoms. The molecule has 1 fully saturated rings. The average molecular weight is 376 g/mol. The van der Waals surface area contributed by atoms with E-state index in [9.17, 15) is 9.59 Å². The molecular formula is C22H24N4O2. The number of benzene rings is 2. The van der Waals surface area contributed by atoms with E-state index in [4.69, 9.17) is 0 Å². The number of anilines is 3. The van der Waals surface area contributed by atoms with Gasteiger partial charge in [0, 0.05) is 12.2 Å². The molecule has 28 heavy (non-hydrogen) atoms. The number of fused-ring (bicyclic) bond motifs is 2. The molecule has 0 aromatic heterocycles. The van der Waals surface area contributed by atoms with Gasteiger partial charge in [0.25, 0.3) is 5.91 Å². The molecule has 0 bridgehead atoms.